The Kier molecular flexibility index (Phi) is 4.96. The summed E-state index contributed by atoms with van der Waals surface area (Å²) in [6, 6.07) is 4.25. The molecule has 0 aliphatic carbocycles. The molecule has 2 aliphatic heterocycles. The molecule has 0 atom stereocenters. The predicted octanol–water partition coefficient (Wildman–Crippen LogP) is 1.19. The van der Waals surface area contributed by atoms with Crippen molar-refractivity contribution in [2.24, 2.45) is 0 Å². The average Bonchev–Trinajstić information content (AvgIpc) is 2.84. The Bertz CT molecular complexity index is 943. The third kappa shape index (κ3) is 3.74. The van der Waals surface area contributed by atoms with Crippen LogP contribution in [-0.2, 0) is 10.0 Å². The van der Waals surface area contributed by atoms with Gasteiger partial charge < -0.3 is 10.2 Å². The van der Waals surface area contributed by atoms with Gasteiger partial charge in [-0.15, -0.1) is 0 Å². The zero-order valence-electron chi connectivity index (χ0n) is 16.4. The molecule has 2 aliphatic rings. The first-order valence-corrected chi connectivity index (χ1v) is 10.8. The Morgan fingerprint density at radius 2 is 1.57 bits per heavy atom. The van der Waals surface area contributed by atoms with E-state index in [0.29, 0.717) is 11.3 Å². The summed E-state index contributed by atoms with van der Waals surface area (Å²) >= 11 is 0. The van der Waals surface area contributed by atoms with Crippen LogP contribution in [0, 0.1) is 0 Å². The minimum atomic E-state index is -3.27. The lowest BCUT2D eigenvalue weighted by Gasteiger charge is -2.33. The molecule has 1 fully saturated rings. The van der Waals surface area contributed by atoms with Crippen LogP contribution in [0.5, 0.6) is 0 Å². The van der Waals surface area contributed by atoms with Crippen LogP contribution < -0.4 is 5.32 Å². The summed E-state index contributed by atoms with van der Waals surface area (Å²) in [5, 5.41) is 2.72. The Labute approximate surface area is 164 Å². The van der Waals surface area contributed by atoms with Crippen LogP contribution in [0.2, 0.25) is 0 Å². The number of nitrogens with one attached hydrogen (secondary N) is 1. The lowest BCUT2D eigenvalue weighted by Crippen LogP contribution is -2.51. The molecule has 0 unspecified atom stereocenters. The van der Waals surface area contributed by atoms with E-state index >= 15 is 0 Å². The van der Waals surface area contributed by atoms with Crippen LogP contribution in [0.4, 0.5) is 10.5 Å². The standard InChI is InChI=1S/C18H24N4O5S/c1-18(2,3)22-15(23)13-6-5-12(11-14(13)16(22)24)19-17(25)20-7-9-21(10-8-20)28(4,26)27/h5-6,11H,7-10H2,1-4H3,(H,19,25). The first-order chi connectivity index (χ1) is 12.9. The van der Waals surface area contributed by atoms with Crippen molar-refractivity contribution in [3.05, 3.63) is 29.3 Å². The van der Waals surface area contributed by atoms with Gasteiger partial charge in [-0.1, -0.05) is 0 Å². The van der Waals surface area contributed by atoms with Gasteiger partial charge in [-0.25, -0.2) is 13.2 Å². The van der Waals surface area contributed by atoms with Gasteiger partial charge in [0, 0.05) is 37.4 Å². The van der Waals surface area contributed by atoms with E-state index in [-0.39, 0.29) is 49.6 Å². The molecule has 10 heteroatoms. The van der Waals surface area contributed by atoms with Gasteiger partial charge in [0.05, 0.1) is 17.4 Å². The van der Waals surface area contributed by atoms with E-state index in [9.17, 15) is 22.8 Å². The molecule has 152 valence electrons. The van der Waals surface area contributed by atoms with E-state index in [4.69, 9.17) is 0 Å². The highest BCUT2D eigenvalue weighted by atomic mass is 32.2. The van der Waals surface area contributed by atoms with Crippen molar-refractivity contribution < 1.29 is 22.8 Å². The van der Waals surface area contributed by atoms with Crippen LogP contribution in [0.15, 0.2) is 18.2 Å². The van der Waals surface area contributed by atoms with E-state index in [2.05, 4.69) is 5.32 Å². The van der Waals surface area contributed by atoms with Crippen molar-refractivity contribution >= 4 is 33.6 Å². The molecule has 4 amide bonds. The van der Waals surface area contributed by atoms with Crippen LogP contribution >= 0.6 is 0 Å². The molecule has 1 saturated heterocycles. The minimum absolute atomic E-state index is 0.240. The number of anilines is 1. The van der Waals surface area contributed by atoms with Gasteiger partial charge in [-0.05, 0) is 39.0 Å². The van der Waals surface area contributed by atoms with Crippen LogP contribution in [0.1, 0.15) is 41.5 Å². The van der Waals surface area contributed by atoms with Crippen LogP contribution in [-0.4, -0.2) is 78.3 Å². The Balaban J connectivity index is 1.71. The van der Waals surface area contributed by atoms with E-state index in [0.717, 1.165) is 6.26 Å². The molecule has 0 radical (unpaired) electrons. The minimum Gasteiger partial charge on any atom is -0.322 e. The molecule has 0 spiro atoms. The number of piperazine rings is 1. The van der Waals surface area contributed by atoms with E-state index in [1.165, 1.54) is 20.2 Å². The summed E-state index contributed by atoms with van der Waals surface area (Å²) in [5.41, 5.74) is 0.348. The van der Waals surface area contributed by atoms with Gasteiger partial charge in [-0.2, -0.15) is 4.31 Å². The number of carbonyl (C=O) groups excluding carboxylic acids is 3. The zero-order valence-corrected chi connectivity index (χ0v) is 17.2. The highest BCUT2D eigenvalue weighted by Gasteiger charge is 2.42. The second-order valence-corrected chi connectivity index (χ2v) is 9.94. The van der Waals surface area contributed by atoms with Crippen LogP contribution in [0.3, 0.4) is 0 Å². The zero-order chi connectivity index (χ0) is 20.9. The van der Waals surface area contributed by atoms with Crippen molar-refractivity contribution in [3.63, 3.8) is 0 Å². The molecule has 1 N–H and O–H groups in total. The highest BCUT2D eigenvalue weighted by molar-refractivity contribution is 7.88. The topological polar surface area (TPSA) is 107 Å². The van der Waals surface area contributed by atoms with Gasteiger partial charge in [0.15, 0.2) is 0 Å². The quantitative estimate of drug-likeness (QED) is 0.740. The SMILES string of the molecule is CC(C)(C)N1C(=O)c2ccc(NC(=O)N3CCN(S(C)(=O)=O)CC3)cc2C1=O. The van der Waals surface area contributed by atoms with E-state index in [1.54, 1.807) is 32.9 Å². The largest absolute Gasteiger partial charge is 0.322 e. The molecule has 1 aromatic carbocycles. The van der Waals surface area contributed by atoms with Crippen LogP contribution in [0.25, 0.3) is 0 Å². The van der Waals surface area contributed by atoms with E-state index in [1.807, 2.05) is 0 Å². The molecule has 1 aromatic rings. The monoisotopic (exact) mass is 408 g/mol. The Morgan fingerprint density at radius 3 is 2.11 bits per heavy atom. The van der Waals surface area contributed by atoms with Crippen molar-refractivity contribution in [2.75, 3.05) is 37.8 Å². The molecular formula is C18H24N4O5S. The normalized spacial score (nSPS) is 18.4. The van der Waals surface area contributed by atoms with Gasteiger partial charge in [-0.3, -0.25) is 14.5 Å². The number of carbonyl (C=O) groups is 3. The number of sulfonamides is 1. The molecule has 2 heterocycles. The molecule has 0 bridgehead atoms. The smallest absolute Gasteiger partial charge is 0.321 e. The summed E-state index contributed by atoms with van der Waals surface area (Å²) in [5.74, 6) is -0.729. The maximum atomic E-state index is 12.6. The fourth-order valence-corrected chi connectivity index (χ4v) is 4.18. The van der Waals surface area contributed by atoms with Gasteiger partial charge in [0.1, 0.15) is 0 Å². The molecule has 3 rings (SSSR count). The number of urea groups is 1. The summed E-state index contributed by atoms with van der Waals surface area (Å²) in [7, 11) is -3.27. The summed E-state index contributed by atoms with van der Waals surface area (Å²) in [6.07, 6.45) is 1.15. The van der Waals surface area contributed by atoms with Gasteiger partial charge in [0.25, 0.3) is 11.8 Å². The fraction of sp³-hybridized carbons (Fsp3) is 0.500. The molecular weight excluding hydrogens is 384 g/mol. The summed E-state index contributed by atoms with van der Waals surface area (Å²) in [6.45, 7) is 6.39. The number of rotatable bonds is 2. The van der Waals surface area contributed by atoms with Gasteiger partial charge in [0.2, 0.25) is 10.0 Å². The first kappa shape index (κ1) is 20.3. The van der Waals surface area contributed by atoms with Crippen molar-refractivity contribution in [1.29, 1.82) is 0 Å². The Hall–Kier alpha value is -2.46. The second-order valence-electron chi connectivity index (χ2n) is 7.96. The predicted molar refractivity (Wildman–Crippen MR) is 104 cm³/mol. The number of hydrogen-bond acceptors (Lipinski definition) is 5. The number of hydrogen-bond donors (Lipinski definition) is 1. The molecule has 0 saturated carbocycles. The summed E-state index contributed by atoms with van der Waals surface area (Å²) in [4.78, 5) is 40.4. The third-order valence-corrected chi connectivity index (χ3v) is 6.11. The van der Waals surface area contributed by atoms with Crippen molar-refractivity contribution in [2.45, 2.75) is 26.3 Å². The number of fused-ring (bicyclic) bond motifs is 1. The Morgan fingerprint density at radius 1 is 1.00 bits per heavy atom. The number of imide groups is 1. The summed E-state index contributed by atoms with van der Waals surface area (Å²) < 4.78 is 24.5. The third-order valence-electron chi connectivity index (χ3n) is 4.80. The van der Waals surface area contributed by atoms with Crippen molar-refractivity contribution in [1.82, 2.24) is 14.1 Å². The molecule has 28 heavy (non-hydrogen) atoms. The number of amides is 4. The van der Waals surface area contributed by atoms with E-state index < -0.39 is 15.6 Å². The maximum absolute atomic E-state index is 12.6. The maximum Gasteiger partial charge on any atom is 0.321 e. The molecule has 0 aromatic heterocycles. The fourth-order valence-electron chi connectivity index (χ4n) is 3.35. The lowest BCUT2D eigenvalue weighted by atomic mass is 10.1. The highest BCUT2D eigenvalue weighted by Crippen LogP contribution is 2.31. The number of benzene rings is 1. The first-order valence-electron chi connectivity index (χ1n) is 8.93. The lowest BCUT2D eigenvalue weighted by molar-refractivity contribution is 0.0507. The average molecular weight is 408 g/mol. The second kappa shape index (κ2) is 6.85. The van der Waals surface area contributed by atoms with Gasteiger partial charge >= 0.3 is 6.03 Å². The van der Waals surface area contributed by atoms with Crippen molar-refractivity contribution in [3.8, 4) is 0 Å². The number of nitrogens with zero attached hydrogens (tertiary/aromatic N) is 3. The molecule has 9 nitrogen and oxygen atoms in total.